The summed E-state index contributed by atoms with van der Waals surface area (Å²) in [4.78, 5) is 5.85. The third kappa shape index (κ3) is 4.82. The average Bonchev–Trinajstić information content (AvgIpc) is 3.00. The van der Waals surface area contributed by atoms with E-state index in [0.717, 1.165) is 17.7 Å². The van der Waals surface area contributed by atoms with E-state index in [1.807, 2.05) is 0 Å². The van der Waals surface area contributed by atoms with Crippen LogP contribution < -0.4 is 10.6 Å². The Labute approximate surface area is 158 Å². The van der Waals surface area contributed by atoms with E-state index in [9.17, 15) is 17.6 Å². The van der Waals surface area contributed by atoms with Gasteiger partial charge in [-0.1, -0.05) is 23.7 Å². The summed E-state index contributed by atoms with van der Waals surface area (Å²) in [6.07, 6.45) is -4.75. The van der Waals surface area contributed by atoms with Crippen LogP contribution >= 0.6 is 11.6 Å². The van der Waals surface area contributed by atoms with Crippen LogP contribution in [0.3, 0.4) is 0 Å². The Morgan fingerprint density at radius 2 is 1.89 bits per heavy atom. The van der Waals surface area contributed by atoms with Crippen LogP contribution in [0.25, 0.3) is 0 Å². The van der Waals surface area contributed by atoms with E-state index >= 15 is 0 Å². The van der Waals surface area contributed by atoms with Gasteiger partial charge in [0.15, 0.2) is 0 Å². The fraction of sp³-hybridized carbons (Fsp3) is 0.278. The smallest absolute Gasteiger partial charge is 0.419 e. The van der Waals surface area contributed by atoms with Crippen LogP contribution in [0.5, 0.6) is 0 Å². The van der Waals surface area contributed by atoms with Gasteiger partial charge in [-0.3, -0.25) is 0 Å². The molecule has 27 heavy (non-hydrogen) atoms. The number of hydrogen-bond donors (Lipinski definition) is 1. The second-order valence-electron chi connectivity index (χ2n) is 6.10. The van der Waals surface area contributed by atoms with Gasteiger partial charge in [-0.25, -0.2) is 9.38 Å². The predicted octanol–water partition coefficient (Wildman–Crippen LogP) is 4.22. The van der Waals surface area contributed by atoms with E-state index < -0.39 is 17.6 Å². The second kappa shape index (κ2) is 7.64. The van der Waals surface area contributed by atoms with Crippen molar-refractivity contribution in [1.29, 1.82) is 0 Å². The number of alkyl halides is 3. The standard InChI is InChI=1S/C18H16ClF4N3O/c19-12-3-1-11(2-4-12)8-26(9-13-10-27-17(24)25-13)14-5-6-15(16(20)7-14)18(21,22)23/h1-7,13H,8-10H2,(H2,24,25). The van der Waals surface area contributed by atoms with Crippen molar-refractivity contribution in [2.75, 3.05) is 18.1 Å². The van der Waals surface area contributed by atoms with Crippen LogP contribution in [-0.4, -0.2) is 25.2 Å². The third-order valence-corrected chi connectivity index (χ3v) is 4.33. The molecule has 0 fully saturated rings. The molecule has 1 atom stereocenters. The highest BCUT2D eigenvalue weighted by Gasteiger charge is 2.34. The predicted molar refractivity (Wildman–Crippen MR) is 95.3 cm³/mol. The normalized spacial score (nSPS) is 16.8. The van der Waals surface area contributed by atoms with Crippen LogP contribution in [0.4, 0.5) is 23.2 Å². The molecule has 0 radical (unpaired) electrons. The molecular formula is C18H16ClF4N3O. The summed E-state index contributed by atoms with van der Waals surface area (Å²) in [5.41, 5.74) is 5.37. The van der Waals surface area contributed by atoms with E-state index in [4.69, 9.17) is 22.1 Å². The highest BCUT2D eigenvalue weighted by molar-refractivity contribution is 6.30. The molecule has 144 valence electrons. The first kappa shape index (κ1) is 19.3. The Morgan fingerprint density at radius 1 is 1.19 bits per heavy atom. The van der Waals surface area contributed by atoms with Gasteiger partial charge < -0.3 is 15.4 Å². The molecule has 0 spiro atoms. The molecule has 9 heteroatoms. The Balaban J connectivity index is 1.88. The van der Waals surface area contributed by atoms with Gasteiger partial charge in [0.1, 0.15) is 18.5 Å². The molecule has 1 aliphatic rings. The summed E-state index contributed by atoms with van der Waals surface area (Å²) in [6.45, 7) is 0.883. The fourth-order valence-electron chi connectivity index (χ4n) is 2.79. The fourth-order valence-corrected chi connectivity index (χ4v) is 2.91. The SMILES string of the molecule is NC1=NC(CN(Cc2ccc(Cl)cc2)c2ccc(C(F)(F)F)c(F)c2)CO1. The molecule has 0 aromatic heterocycles. The minimum atomic E-state index is -4.75. The molecule has 2 aromatic rings. The Morgan fingerprint density at radius 3 is 2.44 bits per heavy atom. The highest BCUT2D eigenvalue weighted by atomic mass is 35.5. The van der Waals surface area contributed by atoms with Crippen molar-refractivity contribution in [2.24, 2.45) is 10.7 Å². The molecule has 0 saturated carbocycles. The van der Waals surface area contributed by atoms with Gasteiger partial charge in [-0.05, 0) is 35.9 Å². The van der Waals surface area contributed by atoms with Crippen molar-refractivity contribution in [3.63, 3.8) is 0 Å². The van der Waals surface area contributed by atoms with E-state index in [1.54, 1.807) is 29.2 Å². The van der Waals surface area contributed by atoms with E-state index in [-0.39, 0.29) is 18.7 Å². The number of ether oxygens (including phenoxy) is 1. The van der Waals surface area contributed by atoms with Crippen molar-refractivity contribution < 1.29 is 22.3 Å². The summed E-state index contributed by atoms with van der Waals surface area (Å²) in [5.74, 6) is -1.33. The van der Waals surface area contributed by atoms with Crippen LogP contribution in [0.1, 0.15) is 11.1 Å². The summed E-state index contributed by atoms with van der Waals surface area (Å²) in [7, 11) is 0. The van der Waals surface area contributed by atoms with Crippen molar-refractivity contribution in [3.05, 3.63) is 64.4 Å². The molecule has 0 amide bonds. The van der Waals surface area contributed by atoms with Gasteiger partial charge in [-0.2, -0.15) is 13.2 Å². The lowest BCUT2D eigenvalue weighted by Gasteiger charge is -2.27. The van der Waals surface area contributed by atoms with E-state index in [2.05, 4.69) is 4.99 Å². The van der Waals surface area contributed by atoms with Crippen LogP contribution in [0.2, 0.25) is 5.02 Å². The molecule has 2 N–H and O–H groups in total. The van der Waals surface area contributed by atoms with Crippen molar-refractivity contribution in [2.45, 2.75) is 18.8 Å². The number of aliphatic imine (C=N–C) groups is 1. The molecule has 0 saturated heterocycles. The van der Waals surface area contributed by atoms with Gasteiger partial charge in [0.25, 0.3) is 6.02 Å². The lowest BCUT2D eigenvalue weighted by Crippen LogP contribution is -2.32. The maximum atomic E-state index is 14.0. The topological polar surface area (TPSA) is 50.8 Å². The number of halogens is 5. The van der Waals surface area contributed by atoms with Gasteiger partial charge in [0, 0.05) is 23.8 Å². The summed E-state index contributed by atoms with van der Waals surface area (Å²) in [6, 6.07) is 9.60. The Kier molecular flexibility index (Phi) is 5.46. The largest absolute Gasteiger partial charge is 0.463 e. The number of nitrogens with zero attached hydrogens (tertiary/aromatic N) is 2. The number of rotatable bonds is 5. The number of nitrogens with two attached hydrogens (primary N) is 1. The zero-order valence-electron chi connectivity index (χ0n) is 14.0. The molecule has 1 unspecified atom stereocenters. The monoisotopic (exact) mass is 401 g/mol. The van der Waals surface area contributed by atoms with Gasteiger partial charge in [0.2, 0.25) is 0 Å². The number of amidine groups is 1. The summed E-state index contributed by atoms with van der Waals surface area (Å²) in [5, 5.41) is 0.562. The van der Waals surface area contributed by atoms with Gasteiger partial charge in [0.05, 0.1) is 5.56 Å². The van der Waals surface area contributed by atoms with Crippen molar-refractivity contribution in [3.8, 4) is 0 Å². The Bertz CT molecular complexity index is 839. The molecule has 4 nitrogen and oxygen atoms in total. The minimum absolute atomic E-state index is 0.0602. The number of hydrogen-bond acceptors (Lipinski definition) is 4. The first-order chi connectivity index (χ1) is 12.7. The van der Waals surface area contributed by atoms with Crippen LogP contribution in [0, 0.1) is 5.82 Å². The molecule has 1 heterocycles. The van der Waals surface area contributed by atoms with Crippen molar-refractivity contribution in [1.82, 2.24) is 0 Å². The molecule has 3 rings (SSSR count). The molecule has 0 aliphatic carbocycles. The first-order valence-electron chi connectivity index (χ1n) is 8.04. The second-order valence-corrected chi connectivity index (χ2v) is 6.54. The van der Waals surface area contributed by atoms with Gasteiger partial charge >= 0.3 is 6.18 Å². The van der Waals surface area contributed by atoms with Crippen LogP contribution in [0.15, 0.2) is 47.5 Å². The summed E-state index contributed by atoms with van der Waals surface area (Å²) < 4.78 is 57.6. The van der Waals surface area contributed by atoms with E-state index in [0.29, 0.717) is 23.8 Å². The zero-order valence-corrected chi connectivity index (χ0v) is 14.8. The van der Waals surface area contributed by atoms with Crippen molar-refractivity contribution >= 4 is 23.3 Å². The average molecular weight is 402 g/mol. The molecule has 1 aliphatic heterocycles. The quantitative estimate of drug-likeness (QED) is 0.763. The lowest BCUT2D eigenvalue weighted by molar-refractivity contribution is -0.139. The lowest BCUT2D eigenvalue weighted by atomic mass is 10.1. The van der Waals surface area contributed by atoms with Gasteiger partial charge in [-0.15, -0.1) is 0 Å². The van der Waals surface area contributed by atoms with E-state index in [1.165, 1.54) is 6.07 Å². The Hall–Kier alpha value is -2.48. The maximum absolute atomic E-state index is 14.0. The molecule has 2 aromatic carbocycles. The maximum Gasteiger partial charge on any atom is 0.419 e. The first-order valence-corrected chi connectivity index (χ1v) is 8.42. The number of anilines is 1. The highest BCUT2D eigenvalue weighted by Crippen LogP contribution is 2.33. The minimum Gasteiger partial charge on any atom is -0.463 e. The number of benzene rings is 2. The molecule has 0 bridgehead atoms. The third-order valence-electron chi connectivity index (χ3n) is 4.07. The summed E-state index contributed by atoms with van der Waals surface area (Å²) >= 11 is 5.88. The zero-order chi connectivity index (χ0) is 19.6. The van der Waals surface area contributed by atoms with Crippen LogP contribution in [-0.2, 0) is 17.5 Å². The molecular weight excluding hydrogens is 386 g/mol.